The Morgan fingerprint density at radius 2 is 1.42 bits per heavy atom. The summed E-state index contributed by atoms with van der Waals surface area (Å²) in [6.45, 7) is 0. The Hall–Kier alpha value is 0.150. The van der Waals surface area contributed by atoms with Crippen LogP contribution < -0.4 is 0 Å². The molecule has 0 aromatic carbocycles. The molecular formula is C6H14O5S. The van der Waals surface area contributed by atoms with Crippen LogP contribution in [0.2, 0.25) is 0 Å². The number of aliphatic hydroxyl groups excluding tert-OH is 4. The van der Waals surface area contributed by atoms with Gasteiger partial charge in [0.1, 0.15) is 12.2 Å². The largest absolute Gasteiger partial charge is 0.390 e. The monoisotopic (exact) mass is 198 g/mol. The number of hydrogen-bond acceptors (Lipinski definition) is 6. The lowest BCUT2D eigenvalue weighted by Crippen LogP contribution is -2.44. The molecule has 0 saturated carbocycles. The van der Waals surface area contributed by atoms with Gasteiger partial charge in [0.15, 0.2) is 6.29 Å². The van der Waals surface area contributed by atoms with Gasteiger partial charge in [-0.3, -0.25) is 0 Å². The Bertz CT molecular complexity index is 121. The maximum atomic E-state index is 9.06. The molecule has 0 fully saturated rings. The Morgan fingerprint density at radius 3 is 1.75 bits per heavy atom. The SMILES string of the molecule is OC(O)C(O)[C@@H](O)[C@H](O)CCS. The molecule has 74 valence electrons. The van der Waals surface area contributed by atoms with E-state index in [2.05, 4.69) is 12.6 Å². The van der Waals surface area contributed by atoms with Crippen molar-refractivity contribution in [3.05, 3.63) is 0 Å². The third-order valence-electron chi connectivity index (χ3n) is 1.47. The number of rotatable bonds is 5. The van der Waals surface area contributed by atoms with E-state index in [9.17, 15) is 0 Å². The lowest BCUT2D eigenvalue weighted by molar-refractivity contribution is -0.176. The van der Waals surface area contributed by atoms with Gasteiger partial charge in [-0.05, 0) is 12.2 Å². The molecule has 0 bridgehead atoms. The summed E-state index contributed by atoms with van der Waals surface area (Å²) >= 11 is 3.80. The Morgan fingerprint density at radius 1 is 0.917 bits per heavy atom. The van der Waals surface area contributed by atoms with Gasteiger partial charge in [-0.25, -0.2) is 0 Å². The zero-order chi connectivity index (χ0) is 9.72. The van der Waals surface area contributed by atoms with Gasteiger partial charge >= 0.3 is 0 Å². The Labute approximate surface area is 75.7 Å². The minimum absolute atomic E-state index is 0.175. The Kier molecular flexibility index (Phi) is 5.81. The van der Waals surface area contributed by atoms with Gasteiger partial charge in [0.05, 0.1) is 6.10 Å². The van der Waals surface area contributed by atoms with Crippen molar-refractivity contribution >= 4 is 12.6 Å². The first kappa shape index (κ1) is 12.2. The van der Waals surface area contributed by atoms with Crippen molar-refractivity contribution < 1.29 is 25.5 Å². The predicted octanol–water partition coefficient (Wildman–Crippen LogP) is -2.30. The Balaban J connectivity index is 3.90. The molecule has 0 amide bonds. The molecule has 0 heterocycles. The molecule has 3 atom stereocenters. The summed E-state index contributed by atoms with van der Waals surface area (Å²) in [7, 11) is 0. The van der Waals surface area contributed by atoms with Gasteiger partial charge in [-0.2, -0.15) is 12.6 Å². The van der Waals surface area contributed by atoms with Crippen molar-refractivity contribution in [2.45, 2.75) is 31.0 Å². The third-order valence-corrected chi connectivity index (χ3v) is 1.73. The van der Waals surface area contributed by atoms with Crippen LogP contribution in [0.15, 0.2) is 0 Å². The molecular weight excluding hydrogens is 184 g/mol. The second-order valence-corrected chi connectivity index (χ2v) is 2.92. The van der Waals surface area contributed by atoms with Crippen LogP contribution in [0.1, 0.15) is 6.42 Å². The fourth-order valence-corrected chi connectivity index (χ4v) is 0.972. The number of hydrogen-bond donors (Lipinski definition) is 6. The van der Waals surface area contributed by atoms with Crippen LogP contribution >= 0.6 is 12.6 Å². The molecule has 0 aromatic rings. The lowest BCUT2D eigenvalue weighted by atomic mass is 10.1. The molecule has 0 aliphatic carbocycles. The van der Waals surface area contributed by atoms with E-state index in [-0.39, 0.29) is 6.42 Å². The average Bonchev–Trinajstić information content (AvgIpc) is 2.02. The van der Waals surface area contributed by atoms with Gasteiger partial charge < -0.3 is 25.5 Å². The van der Waals surface area contributed by atoms with E-state index < -0.39 is 24.6 Å². The van der Waals surface area contributed by atoms with Crippen LogP contribution in [0.3, 0.4) is 0 Å². The highest BCUT2D eigenvalue weighted by atomic mass is 32.1. The van der Waals surface area contributed by atoms with Gasteiger partial charge in [-0.1, -0.05) is 0 Å². The van der Waals surface area contributed by atoms with E-state index in [1.807, 2.05) is 0 Å². The molecule has 0 radical (unpaired) electrons. The van der Waals surface area contributed by atoms with Crippen molar-refractivity contribution in [2.75, 3.05) is 5.75 Å². The van der Waals surface area contributed by atoms with Crippen LogP contribution in [0.4, 0.5) is 0 Å². The van der Waals surface area contributed by atoms with Crippen LogP contribution in [0.5, 0.6) is 0 Å². The summed E-state index contributed by atoms with van der Waals surface area (Å²) in [5.74, 6) is 0.340. The molecule has 0 spiro atoms. The van der Waals surface area contributed by atoms with Crippen molar-refractivity contribution in [1.82, 2.24) is 0 Å². The fourth-order valence-electron chi connectivity index (χ4n) is 0.707. The second-order valence-electron chi connectivity index (χ2n) is 2.47. The highest BCUT2D eigenvalue weighted by Crippen LogP contribution is 2.07. The van der Waals surface area contributed by atoms with E-state index in [1.165, 1.54) is 0 Å². The van der Waals surface area contributed by atoms with Crippen molar-refractivity contribution in [3.8, 4) is 0 Å². The minimum atomic E-state index is -2.05. The smallest absolute Gasteiger partial charge is 0.180 e. The van der Waals surface area contributed by atoms with Crippen LogP contribution in [0.25, 0.3) is 0 Å². The molecule has 0 aromatic heterocycles. The fraction of sp³-hybridized carbons (Fsp3) is 1.00. The maximum absolute atomic E-state index is 9.06. The highest BCUT2D eigenvalue weighted by Gasteiger charge is 2.28. The van der Waals surface area contributed by atoms with Crippen LogP contribution in [0, 0.1) is 0 Å². The molecule has 1 unspecified atom stereocenters. The minimum Gasteiger partial charge on any atom is -0.390 e. The standard InChI is InChI=1S/C6H14O5S/c7-3(1-2-12)4(8)5(9)6(10)11/h3-12H,1-2H2/t3-,4+,5?/m1/s1. The summed E-state index contributed by atoms with van der Waals surface area (Å²) in [6.07, 6.45) is -6.38. The lowest BCUT2D eigenvalue weighted by Gasteiger charge is -2.23. The zero-order valence-corrected chi connectivity index (χ0v) is 7.30. The van der Waals surface area contributed by atoms with Gasteiger partial charge in [0.25, 0.3) is 0 Å². The first-order valence-electron chi connectivity index (χ1n) is 3.52. The normalized spacial score (nSPS) is 19.2. The third kappa shape index (κ3) is 3.70. The van der Waals surface area contributed by atoms with Gasteiger partial charge in [0, 0.05) is 0 Å². The molecule has 0 aliphatic rings. The van der Waals surface area contributed by atoms with Crippen molar-refractivity contribution in [2.24, 2.45) is 0 Å². The molecule has 12 heavy (non-hydrogen) atoms. The maximum Gasteiger partial charge on any atom is 0.180 e. The van der Waals surface area contributed by atoms with E-state index in [4.69, 9.17) is 25.5 Å². The van der Waals surface area contributed by atoms with Crippen molar-refractivity contribution in [1.29, 1.82) is 0 Å². The van der Waals surface area contributed by atoms with Crippen LogP contribution in [-0.2, 0) is 0 Å². The average molecular weight is 198 g/mol. The molecule has 5 nitrogen and oxygen atoms in total. The van der Waals surface area contributed by atoms with E-state index in [1.54, 1.807) is 0 Å². The van der Waals surface area contributed by atoms with E-state index in [0.29, 0.717) is 5.75 Å². The second kappa shape index (κ2) is 5.74. The van der Waals surface area contributed by atoms with Gasteiger partial charge in [-0.15, -0.1) is 0 Å². The summed E-state index contributed by atoms with van der Waals surface area (Å²) < 4.78 is 0. The highest BCUT2D eigenvalue weighted by molar-refractivity contribution is 7.80. The zero-order valence-electron chi connectivity index (χ0n) is 6.41. The quantitative estimate of drug-likeness (QED) is 0.220. The first-order valence-corrected chi connectivity index (χ1v) is 4.15. The summed E-state index contributed by atoms with van der Waals surface area (Å²) in [6, 6.07) is 0. The predicted molar refractivity (Wildman–Crippen MR) is 44.7 cm³/mol. The molecule has 6 heteroatoms. The number of thiol groups is 1. The van der Waals surface area contributed by atoms with Crippen molar-refractivity contribution in [3.63, 3.8) is 0 Å². The van der Waals surface area contributed by atoms with E-state index >= 15 is 0 Å². The molecule has 0 saturated heterocycles. The number of aliphatic hydroxyl groups is 5. The summed E-state index contributed by atoms with van der Waals surface area (Å²) in [5.41, 5.74) is 0. The molecule has 0 rings (SSSR count). The summed E-state index contributed by atoms with van der Waals surface area (Å²) in [4.78, 5) is 0. The van der Waals surface area contributed by atoms with Gasteiger partial charge in [0.2, 0.25) is 0 Å². The van der Waals surface area contributed by atoms with E-state index in [0.717, 1.165) is 0 Å². The summed E-state index contributed by atoms with van der Waals surface area (Å²) in [5, 5.41) is 43.8. The molecule has 5 N–H and O–H groups in total. The molecule has 0 aliphatic heterocycles. The first-order chi connectivity index (χ1) is 5.50. The van der Waals surface area contributed by atoms with Crippen LogP contribution in [-0.4, -0.2) is 55.9 Å². The topological polar surface area (TPSA) is 101 Å².